The van der Waals surface area contributed by atoms with Gasteiger partial charge in [-0.3, -0.25) is 14.6 Å². The van der Waals surface area contributed by atoms with Crippen molar-refractivity contribution in [3.05, 3.63) is 17.5 Å². The Morgan fingerprint density at radius 2 is 1.72 bits per heavy atom. The fourth-order valence-electron chi connectivity index (χ4n) is 3.82. The molecule has 0 atom stereocenters. The summed E-state index contributed by atoms with van der Waals surface area (Å²) in [6.07, 6.45) is 1.66. The molecule has 1 aromatic heterocycles. The smallest absolute Gasteiger partial charge is 0.341 e. The number of piperidine rings is 1. The topological polar surface area (TPSA) is 70.9 Å². The summed E-state index contributed by atoms with van der Waals surface area (Å²) in [5.41, 5.74) is -0.598. The number of carbonyl (C=O) groups is 2. The van der Waals surface area contributed by atoms with Gasteiger partial charge in [-0.05, 0) is 26.2 Å². The second kappa shape index (κ2) is 10.1. The highest BCUT2D eigenvalue weighted by molar-refractivity contribution is 5.90. The number of ether oxygens (including phenoxy) is 1. The molecule has 162 valence electrons. The minimum Gasteiger partial charge on any atom is -0.462 e. The number of aromatic nitrogens is 2. The first-order valence-corrected chi connectivity index (χ1v) is 10.2. The van der Waals surface area contributed by atoms with Crippen molar-refractivity contribution in [1.82, 2.24) is 24.5 Å². The van der Waals surface area contributed by atoms with Crippen LogP contribution in [0.5, 0.6) is 0 Å². The van der Waals surface area contributed by atoms with Gasteiger partial charge >= 0.3 is 5.97 Å². The molecule has 10 heteroatoms. The summed E-state index contributed by atoms with van der Waals surface area (Å²) in [5, 5.41) is 3.98. The van der Waals surface area contributed by atoms with E-state index >= 15 is 0 Å². The molecule has 0 unspecified atom stereocenters. The molecule has 2 saturated heterocycles. The normalized spacial score (nSPS) is 19.0. The van der Waals surface area contributed by atoms with E-state index < -0.39 is 18.1 Å². The van der Waals surface area contributed by atoms with Crippen LogP contribution in [-0.4, -0.2) is 88.8 Å². The molecular formula is C19H29F2N5O3. The van der Waals surface area contributed by atoms with Gasteiger partial charge in [0.2, 0.25) is 5.91 Å². The number of nitrogens with zero attached hydrogens (tertiary/aromatic N) is 5. The van der Waals surface area contributed by atoms with Crippen molar-refractivity contribution in [1.29, 1.82) is 0 Å². The SMILES string of the molecule is CCOC(=O)c1cnn(CN2CCN(CC(=O)N3CCCCC3)CC2)c1C(F)F. The van der Waals surface area contributed by atoms with Crippen molar-refractivity contribution in [2.75, 3.05) is 52.4 Å². The zero-order valence-electron chi connectivity index (χ0n) is 16.9. The molecule has 3 rings (SSSR count). The van der Waals surface area contributed by atoms with E-state index in [1.54, 1.807) is 6.92 Å². The molecule has 29 heavy (non-hydrogen) atoms. The molecule has 0 radical (unpaired) electrons. The Morgan fingerprint density at radius 3 is 2.34 bits per heavy atom. The monoisotopic (exact) mass is 413 g/mol. The van der Waals surface area contributed by atoms with E-state index in [2.05, 4.69) is 10.00 Å². The minimum absolute atomic E-state index is 0.116. The summed E-state index contributed by atoms with van der Waals surface area (Å²) in [6.45, 7) is 6.68. The van der Waals surface area contributed by atoms with E-state index in [-0.39, 0.29) is 24.7 Å². The van der Waals surface area contributed by atoms with Gasteiger partial charge in [0, 0.05) is 39.3 Å². The molecule has 0 aliphatic carbocycles. The Kier molecular flexibility index (Phi) is 7.54. The molecule has 2 aliphatic rings. The lowest BCUT2D eigenvalue weighted by molar-refractivity contribution is -0.133. The Labute approximate surface area is 169 Å². The van der Waals surface area contributed by atoms with Gasteiger partial charge in [-0.25, -0.2) is 18.3 Å². The van der Waals surface area contributed by atoms with Crippen LogP contribution < -0.4 is 0 Å². The lowest BCUT2D eigenvalue weighted by atomic mass is 10.1. The van der Waals surface area contributed by atoms with Gasteiger partial charge in [0.15, 0.2) is 0 Å². The zero-order chi connectivity index (χ0) is 20.8. The van der Waals surface area contributed by atoms with Gasteiger partial charge in [0.05, 0.1) is 26.0 Å². The second-order valence-electron chi connectivity index (χ2n) is 7.44. The quantitative estimate of drug-likeness (QED) is 0.633. The number of hydrogen-bond acceptors (Lipinski definition) is 6. The van der Waals surface area contributed by atoms with E-state index in [4.69, 9.17) is 4.74 Å². The lowest BCUT2D eigenvalue weighted by Gasteiger charge is -2.36. The molecule has 0 aromatic carbocycles. The molecule has 2 aliphatic heterocycles. The Hall–Kier alpha value is -2.07. The highest BCUT2D eigenvalue weighted by Gasteiger charge is 2.28. The minimum atomic E-state index is -2.82. The molecule has 0 saturated carbocycles. The fraction of sp³-hybridized carbons (Fsp3) is 0.737. The van der Waals surface area contributed by atoms with Crippen LogP contribution in [0.25, 0.3) is 0 Å². The van der Waals surface area contributed by atoms with E-state index in [0.717, 1.165) is 32.1 Å². The molecule has 1 aromatic rings. The van der Waals surface area contributed by atoms with E-state index in [9.17, 15) is 18.4 Å². The van der Waals surface area contributed by atoms with Gasteiger partial charge in [-0.1, -0.05) is 0 Å². The van der Waals surface area contributed by atoms with E-state index in [0.29, 0.717) is 32.7 Å². The average molecular weight is 413 g/mol. The van der Waals surface area contributed by atoms with E-state index in [1.807, 2.05) is 9.80 Å². The van der Waals surface area contributed by atoms with Crippen molar-refractivity contribution >= 4 is 11.9 Å². The number of hydrogen-bond donors (Lipinski definition) is 0. The third kappa shape index (κ3) is 5.51. The molecule has 0 bridgehead atoms. The third-order valence-corrected chi connectivity index (χ3v) is 5.45. The van der Waals surface area contributed by atoms with Crippen LogP contribution in [0.1, 0.15) is 48.7 Å². The average Bonchev–Trinajstić information content (AvgIpc) is 3.14. The van der Waals surface area contributed by atoms with Gasteiger partial charge < -0.3 is 9.64 Å². The number of amides is 1. The largest absolute Gasteiger partial charge is 0.462 e. The first kappa shape index (κ1) is 21.6. The second-order valence-corrected chi connectivity index (χ2v) is 7.44. The van der Waals surface area contributed by atoms with Gasteiger partial charge in [0.25, 0.3) is 6.43 Å². The summed E-state index contributed by atoms with van der Waals surface area (Å²) < 4.78 is 33.1. The molecule has 1 amide bonds. The lowest BCUT2D eigenvalue weighted by Crippen LogP contribution is -2.51. The van der Waals surface area contributed by atoms with Gasteiger partial charge in [-0.2, -0.15) is 5.10 Å². The predicted molar refractivity (Wildman–Crippen MR) is 102 cm³/mol. The van der Waals surface area contributed by atoms with Crippen molar-refractivity contribution in [3.63, 3.8) is 0 Å². The first-order chi connectivity index (χ1) is 14.0. The van der Waals surface area contributed by atoms with Crippen molar-refractivity contribution < 1.29 is 23.1 Å². The van der Waals surface area contributed by atoms with Gasteiger partial charge in [0.1, 0.15) is 11.3 Å². The molecule has 8 nitrogen and oxygen atoms in total. The maximum Gasteiger partial charge on any atom is 0.341 e. The van der Waals surface area contributed by atoms with Crippen LogP contribution in [0.2, 0.25) is 0 Å². The van der Waals surface area contributed by atoms with Crippen LogP contribution >= 0.6 is 0 Å². The van der Waals surface area contributed by atoms with Crippen LogP contribution in [0.15, 0.2) is 6.20 Å². The zero-order valence-corrected chi connectivity index (χ0v) is 16.9. The number of piperazine rings is 1. The number of esters is 1. The molecular weight excluding hydrogens is 384 g/mol. The number of likely N-dealkylation sites (tertiary alicyclic amines) is 1. The fourth-order valence-corrected chi connectivity index (χ4v) is 3.82. The van der Waals surface area contributed by atoms with Crippen LogP contribution in [0.3, 0.4) is 0 Å². The summed E-state index contributed by atoms with van der Waals surface area (Å²) in [6, 6.07) is 0. The molecule has 3 heterocycles. The Balaban J connectivity index is 1.53. The highest BCUT2D eigenvalue weighted by Crippen LogP contribution is 2.24. The Morgan fingerprint density at radius 1 is 1.07 bits per heavy atom. The van der Waals surface area contributed by atoms with Gasteiger partial charge in [-0.15, -0.1) is 0 Å². The molecule has 0 N–H and O–H groups in total. The maximum absolute atomic E-state index is 13.5. The maximum atomic E-state index is 13.5. The van der Waals surface area contributed by atoms with Crippen molar-refractivity contribution in [3.8, 4) is 0 Å². The first-order valence-electron chi connectivity index (χ1n) is 10.2. The summed E-state index contributed by atoms with van der Waals surface area (Å²) in [5.74, 6) is -0.612. The van der Waals surface area contributed by atoms with Crippen LogP contribution in [-0.2, 0) is 16.2 Å². The van der Waals surface area contributed by atoms with Crippen LogP contribution in [0, 0.1) is 0 Å². The number of alkyl halides is 2. The molecule has 2 fully saturated rings. The predicted octanol–water partition coefficient (Wildman–Crippen LogP) is 1.58. The number of rotatable bonds is 7. The molecule has 0 spiro atoms. The number of halogens is 2. The van der Waals surface area contributed by atoms with Crippen molar-refractivity contribution in [2.45, 2.75) is 39.3 Å². The summed E-state index contributed by atoms with van der Waals surface area (Å²) in [7, 11) is 0. The van der Waals surface area contributed by atoms with Crippen molar-refractivity contribution in [2.24, 2.45) is 0 Å². The highest BCUT2D eigenvalue weighted by atomic mass is 19.3. The summed E-state index contributed by atoms with van der Waals surface area (Å²) >= 11 is 0. The Bertz CT molecular complexity index is 698. The number of carbonyl (C=O) groups excluding carboxylic acids is 2. The van der Waals surface area contributed by atoms with E-state index in [1.165, 1.54) is 11.1 Å². The standard InChI is InChI=1S/C19H29F2N5O3/c1-2-29-19(28)15-12-22-26(17(15)18(20)21)14-24-10-8-23(9-11-24)13-16(27)25-6-4-3-5-7-25/h12,18H,2-11,13-14H2,1H3. The third-order valence-electron chi connectivity index (χ3n) is 5.45. The van der Waals surface area contributed by atoms with Crippen LogP contribution in [0.4, 0.5) is 8.78 Å². The summed E-state index contributed by atoms with van der Waals surface area (Å²) in [4.78, 5) is 30.3.